The number of aromatic amines is 1. The van der Waals surface area contributed by atoms with E-state index in [0.29, 0.717) is 5.95 Å². The van der Waals surface area contributed by atoms with Gasteiger partial charge in [0.1, 0.15) is 0 Å². The smallest absolute Gasteiger partial charge is 0.227 e. The summed E-state index contributed by atoms with van der Waals surface area (Å²) < 4.78 is 0. The number of hydrogen-bond acceptors (Lipinski definition) is 4. The monoisotopic (exact) mass is 265 g/mol. The fraction of sp³-hybridized carbons (Fsp3) is 0.0667. The van der Waals surface area contributed by atoms with Crippen LogP contribution in [0.3, 0.4) is 0 Å². The third-order valence-electron chi connectivity index (χ3n) is 3.01. The highest BCUT2D eigenvalue weighted by Crippen LogP contribution is 2.19. The van der Waals surface area contributed by atoms with Crippen molar-refractivity contribution in [2.24, 2.45) is 0 Å². The van der Waals surface area contributed by atoms with Crippen molar-refractivity contribution in [1.82, 2.24) is 15.0 Å². The molecule has 2 aromatic heterocycles. The molecule has 0 spiro atoms. The van der Waals surface area contributed by atoms with E-state index >= 15 is 0 Å². The molecule has 100 valence electrons. The zero-order valence-electron chi connectivity index (χ0n) is 11.1. The molecule has 0 aliphatic heterocycles. The van der Waals surface area contributed by atoms with Gasteiger partial charge in [0.15, 0.2) is 0 Å². The Kier molecular flexibility index (Phi) is 3.33. The fourth-order valence-corrected chi connectivity index (χ4v) is 1.89. The van der Waals surface area contributed by atoms with Crippen LogP contribution in [-0.2, 0) is 0 Å². The largest absolute Gasteiger partial charge is 0.388 e. The Balaban J connectivity index is 1.74. The summed E-state index contributed by atoms with van der Waals surface area (Å²) in [5.74, 6) is 0.585. The molecule has 0 bridgehead atoms. The number of nitrogens with one attached hydrogen (secondary N) is 3. The van der Waals surface area contributed by atoms with Gasteiger partial charge >= 0.3 is 0 Å². The molecule has 5 heteroatoms. The van der Waals surface area contributed by atoms with Gasteiger partial charge in [-0.25, -0.2) is 9.97 Å². The average molecular weight is 265 g/mol. The zero-order chi connectivity index (χ0) is 13.8. The minimum absolute atomic E-state index is 0.585. The van der Waals surface area contributed by atoms with E-state index in [-0.39, 0.29) is 0 Å². The second-order valence-corrected chi connectivity index (χ2v) is 4.35. The van der Waals surface area contributed by atoms with E-state index in [1.165, 1.54) is 0 Å². The van der Waals surface area contributed by atoms with E-state index in [4.69, 9.17) is 0 Å². The fourth-order valence-electron chi connectivity index (χ4n) is 1.89. The highest BCUT2D eigenvalue weighted by molar-refractivity contribution is 5.62. The summed E-state index contributed by atoms with van der Waals surface area (Å²) in [6.07, 6.45) is 7.41. The van der Waals surface area contributed by atoms with Crippen LogP contribution in [0.15, 0.2) is 55.1 Å². The molecule has 0 saturated heterocycles. The maximum absolute atomic E-state index is 4.32. The van der Waals surface area contributed by atoms with Crippen molar-refractivity contribution in [1.29, 1.82) is 0 Å². The van der Waals surface area contributed by atoms with Crippen LogP contribution in [0.25, 0.3) is 11.1 Å². The van der Waals surface area contributed by atoms with Crippen LogP contribution in [0.4, 0.5) is 17.3 Å². The minimum Gasteiger partial charge on any atom is -0.388 e. The van der Waals surface area contributed by atoms with Gasteiger partial charge in [-0.3, -0.25) is 0 Å². The van der Waals surface area contributed by atoms with Crippen LogP contribution < -0.4 is 10.6 Å². The first-order valence-electron chi connectivity index (χ1n) is 6.35. The zero-order valence-corrected chi connectivity index (χ0v) is 11.1. The number of aromatic nitrogens is 3. The summed E-state index contributed by atoms with van der Waals surface area (Å²) in [7, 11) is 1.89. The third kappa shape index (κ3) is 2.61. The molecule has 3 N–H and O–H groups in total. The molecule has 2 heterocycles. The van der Waals surface area contributed by atoms with Gasteiger partial charge in [0.05, 0.1) is 0 Å². The van der Waals surface area contributed by atoms with E-state index in [1.54, 1.807) is 12.4 Å². The van der Waals surface area contributed by atoms with Gasteiger partial charge in [0.25, 0.3) is 0 Å². The Morgan fingerprint density at radius 2 is 1.60 bits per heavy atom. The van der Waals surface area contributed by atoms with Crippen molar-refractivity contribution in [2.75, 3.05) is 17.7 Å². The molecule has 0 aliphatic carbocycles. The van der Waals surface area contributed by atoms with Crippen molar-refractivity contribution in [3.05, 3.63) is 55.1 Å². The molecular weight excluding hydrogens is 250 g/mol. The maximum Gasteiger partial charge on any atom is 0.227 e. The summed E-state index contributed by atoms with van der Waals surface area (Å²) in [5.41, 5.74) is 4.09. The first-order valence-corrected chi connectivity index (χ1v) is 6.35. The Hall–Kier alpha value is -2.82. The van der Waals surface area contributed by atoms with Gasteiger partial charge in [-0.1, -0.05) is 0 Å². The summed E-state index contributed by atoms with van der Waals surface area (Å²) in [4.78, 5) is 11.7. The standard InChI is InChI=1S/C15H15N5/c1-16-13-2-4-14(5-3-13)20-15-18-9-12(10-19-15)11-6-7-17-8-11/h2-10,16-17H,1H3,(H,18,19,20). The predicted octanol–water partition coefficient (Wildman–Crippen LogP) is 3.26. The van der Waals surface area contributed by atoms with Crippen molar-refractivity contribution in [3.63, 3.8) is 0 Å². The average Bonchev–Trinajstić information content (AvgIpc) is 3.03. The Labute approximate surface area is 117 Å². The Bertz CT molecular complexity index is 656. The van der Waals surface area contributed by atoms with Crippen LogP contribution >= 0.6 is 0 Å². The second-order valence-electron chi connectivity index (χ2n) is 4.35. The van der Waals surface area contributed by atoms with E-state index in [2.05, 4.69) is 25.6 Å². The van der Waals surface area contributed by atoms with E-state index < -0.39 is 0 Å². The topological polar surface area (TPSA) is 65.6 Å². The van der Waals surface area contributed by atoms with Gasteiger partial charge < -0.3 is 15.6 Å². The van der Waals surface area contributed by atoms with Crippen LogP contribution in [0.2, 0.25) is 0 Å². The highest BCUT2D eigenvalue weighted by atomic mass is 15.1. The molecule has 0 radical (unpaired) electrons. The third-order valence-corrected chi connectivity index (χ3v) is 3.01. The molecule has 0 aliphatic rings. The Morgan fingerprint density at radius 1 is 0.900 bits per heavy atom. The lowest BCUT2D eigenvalue weighted by molar-refractivity contribution is 1.17. The van der Waals surface area contributed by atoms with Gasteiger partial charge in [0.2, 0.25) is 5.95 Å². The quantitative estimate of drug-likeness (QED) is 0.677. The van der Waals surface area contributed by atoms with Gasteiger partial charge in [0, 0.05) is 54.3 Å². The number of nitrogens with zero attached hydrogens (tertiary/aromatic N) is 2. The second kappa shape index (κ2) is 5.44. The number of rotatable bonds is 4. The number of H-pyrrole nitrogens is 1. The van der Waals surface area contributed by atoms with Crippen LogP contribution in [0, 0.1) is 0 Å². The number of benzene rings is 1. The van der Waals surface area contributed by atoms with E-state index in [9.17, 15) is 0 Å². The molecule has 0 atom stereocenters. The van der Waals surface area contributed by atoms with Gasteiger partial charge in [-0.15, -0.1) is 0 Å². The minimum atomic E-state index is 0.585. The molecule has 0 amide bonds. The lowest BCUT2D eigenvalue weighted by Crippen LogP contribution is -1.97. The predicted molar refractivity (Wildman–Crippen MR) is 81.1 cm³/mol. The SMILES string of the molecule is CNc1ccc(Nc2ncc(-c3cc[nH]c3)cn2)cc1. The molecular formula is C15H15N5. The van der Waals surface area contributed by atoms with E-state index in [1.807, 2.05) is 49.8 Å². The van der Waals surface area contributed by atoms with Gasteiger partial charge in [-0.05, 0) is 30.3 Å². The first-order chi connectivity index (χ1) is 9.85. The number of anilines is 3. The summed E-state index contributed by atoms with van der Waals surface area (Å²) in [6, 6.07) is 9.94. The normalized spacial score (nSPS) is 10.2. The summed E-state index contributed by atoms with van der Waals surface area (Å²) in [6.45, 7) is 0. The van der Waals surface area contributed by atoms with E-state index in [0.717, 1.165) is 22.5 Å². The molecule has 3 aromatic rings. The first kappa shape index (κ1) is 12.2. The van der Waals surface area contributed by atoms with Crippen molar-refractivity contribution >= 4 is 17.3 Å². The van der Waals surface area contributed by atoms with Crippen molar-refractivity contribution < 1.29 is 0 Å². The molecule has 0 unspecified atom stereocenters. The molecule has 1 aromatic carbocycles. The molecule has 0 fully saturated rings. The van der Waals surface area contributed by atoms with Crippen molar-refractivity contribution in [3.8, 4) is 11.1 Å². The Morgan fingerprint density at radius 3 is 2.20 bits per heavy atom. The van der Waals surface area contributed by atoms with Gasteiger partial charge in [-0.2, -0.15) is 0 Å². The summed E-state index contributed by atoms with van der Waals surface area (Å²) in [5, 5.41) is 6.25. The molecule has 20 heavy (non-hydrogen) atoms. The lowest BCUT2D eigenvalue weighted by atomic mass is 10.2. The number of hydrogen-bond donors (Lipinski definition) is 3. The van der Waals surface area contributed by atoms with Crippen LogP contribution in [-0.4, -0.2) is 22.0 Å². The molecule has 0 saturated carbocycles. The van der Waals surface area contributed by atoms with Crippen LogP contribution in [0.1, 0.15) is 0 Å². The maximum atomic E-state index is 4.32. The highest BCUT2D eigenvalue weighted by Gasteiger charge is 2.01. The molecule has 3 rings (SSSR count). The van der Waals surface area contributed by atoms with Crippen LogP contribution in [0.5, 0.6) is 0 Å². The lowest BCUT2D eigenvalue weighted by Gasteiger charge is -2.06. The summed E-state index contributed by atoms with van der Waals surface area (Å²) >= 11 is 0. The molecule has 5 nitrogen and oxygen atoms in total. The van der Waals surface area contributed by atoms with Crippen molar-refractivity contribution in [2.45, 2.75) is 0 Å².